The summed E-state index contributed by atoms with van der Waals surface area (Å²) in [6.07, 6.45) is -4.99. The van der Waals surface area contributed by atoms with E-state index in [1.54, 1.807) is 6.07 Å². The molecule has 2 aromatic carbocycles. The topological polar surface area (TPSA) is 82.0 Å². The van der Waals surface area contributed by atoms with Gasteiger partial charge in [-0.3, -0.25) is 9.59 Å². The van der Waals surface area contributed by atoms with E-state index in [0.717, 1.165) is 12.1 Å². The molecule has 0 spiro atoms. The third kappa shape index (κ3) is 4.81. The molecule has 0 fully saturated rings. The number of carbonyl (C=O) groups is 2. The predicted octanol–water partition coefficient (Wildman–Crippen LogP) is 3.81. The third-order valence-electron chi connectivity index (χ3n) is 3.12. The van der Waals surface area contributed by atoms with Crippen molar-refractivity contribution in [3.63, 3.8) is 0 Å². The molecule has 0 bridgehead atoms. The van der Waals surface area contributed by atoms with Gasteiger partial charge in [0.05, 0.1) is 17.2 Å². The SMILES string of the molecule is N#CCC(=O)Nc1cccc(NC(=O)c2ccccc2C(F)(F)F)c1. The Morgan fingerprint density at radius 3 is 2.28 bits per heavy atom. The largest absolute Gasteiger partial charge is 0.417 e. The molecule has 25 heavy (non-hydrogen) atoms. The summed E-state index contributed by atoms with van der Waals surface area (Å²) in [4.78, 5) is 23.6. The summed E-state index contributed by atoms with van der Waals surface area (Å²) < 4.78 is 38.9. The van der Waals surface area contributed by atoms with E-state index in [1.165, 1.54) is 36.4 Å². The Bertz CT molecular complexity index is 842. The number of rotatable bonds is 4. The van der Waals surface area contributed by atoms with Crippen molar-refractivity contribution in [1.29, 1.82) is 5.26 Å². The van der Waals surface area contributed by atoms with Crippen LogP contribution < -0.4 is 10.6 Å². The van der Waals surface area contributed by atoms with E-state index in [9.17, 15) is 22.8 Å². The second-order valence-corrected chi connectivity index (χ2v) is 4.96. The van der Waals surface area contributed by atoms with Gasteiger partial charge in [0.2, 0.25) is 5.91 Å². The summed E-state index contributed by atoms with van der Waals surface area (Å²) in [5.41, 5.74) is -1.03. The second-order valence-electron chi connectivity index (χ2n) is 4.96. The number of nitrogens with zero attached hydrogens (tertiary/aromatic N) is 1. The normalized spacial score (nSPS) is 10.6. The van der Waals surface area contributed by atoms with Gasteiger partial charge in [0, 0.05) is 11.4 Å². The number of hydrogen-bond donors (Lipinski definition) is 2. The smallest absolute Gasteiger partial charge is 0.325 e. The molecule has 8 heteroatoms. The maximum atomic E-state index is 13.0. The summed E-state index contributed by atoms with van der Waals surface area (Å²) in [7, 11) is 0. The lowest BCUT2D eigenvalue weighted by Gasteiger charge is -2.13. The summed E-state index contributed by atoms with van der Waals surface area (Å²) in [6.45, 7) is 0. The zero-order valence-corrected chi connectivity index (χ0v) is 12.7. The van der Waals surface area contributed by atoms with Crippen LogP contribution in [0.15, 0.2) is 48.5 Å². The lowest BCUT2D eigenvalue weighted by Crippen LogP contribution is -2.18. The van der Waals surface area contributed by atoms with Gasteiger partial charge < -0.3 is 10.6 Å². The Balaban J connectivity index is 2.20. The molecule has 128 valence electrons. The van der Waals surface area contributed by atoms with Gasteiger partial charge in [0.15, 0.2) is 0 Å². The first-order chi connectivity index (χ1) is 11.8. The van der Waals surface area contributed by atoms with Gasteiger partial charge in [0.1, 0.15) is 6.42 Å². The average molecular weight is 347 g/mol. The Morgan fingerprint density at radius 1 is 1.00 bits per heavy atom. The van der Waals surface area contributed by atoms with Gasteiger partial charge in [-0.25, -0.2) is 0 Å². The molecular weight excluding hydrogens is 335 g/mol. The standard InChI is InChI=1S/C17H12F3N3O2/c18-17(19,20)14-7-2-1-6-13(14)16(25)23-12-5-3-4-11(10-12)22-15(24)8-9-21/h1-7,10H,8H2,(H,22,24)(H,23,25). The first kappa shape index (κ1) is 18.0. The van der Waals surface area contributed by atoms with Crippen LogP contribution in [0.3, 0.4) is 0 Å². The van der Waals surface area contributed by atoms with Crippen molar-refractivity contribution in [3.8, 4) is 6.07 Å². The van der Waals surface area contributed by atoms with Gasteiger partial charge in [-0.15, -0.1) is 0 Å². The lowest BCUT2D eigenvalue weighted by atomic mass is 10.1. The highest BCUT2D eigenvalue weighted by Gasteiger charge is 2.34. The summed E-state index contributed by atoms with van der Waals surface area (Å²) in [6, 6.07) is 12.0. The van der Waals surface area contributed by atoms with E-state index in [0.29, 0.717) is 5.69 Å². The lowest BCUT2D eigenvalue weighted by molar-refractivity contribution is -0.137. The molecule has 0 atom stereocenters. The number of nitriles is 1. The van der Waals surface area contributed by atoms with E-state index in [-0.39, 0.29) is 12.1 Å². The zero-order chi connectivity index (χ0) is 18.4. The number of carbonyl (C=O) groups excluding carboxylic acids is 2. The molecule has 0 aromatic heterocycles. The molecule has 0 radical (unpaired) electrons. The first-order valence-electron chi connectivity index (χ1n) is 7.05. The van der Waals surface area contributed by atoms with E-state index in [2.05, 4.69) is 10.6 Å². The predicted molar refractivity (Wildman–Crippen MR) is 84.7 cm³/mol. The van der Waals surface area contributed by atoms with Crippen LogP contribution in [-0.4, -0.2) is 11.8 Å². The van der Waals surface area contributed by atoms with Crippen LogP contribution in [0.2, 0.25) is 0 Å². The van der Waals surface area contributed by atoms with Crippen LogP contribution in [0.25, 0.3) is 0 Å². The second kappa shape index (κ2) is 7.49. The van der Waals surface area contributed by atoms with Crippen molar-refractivity contribution in [1.82, 2.24) is 0 Å². The Kier molecular flexibility index (Phi) is 5.39. The van der Waals surface area contributed by atoms with Crippen molar-refractivity contribution < 1.29 is 22.8 Å². The molecular formula is C17H12F3N3O2. The Labute approximate surface area is 141 Å². The average Bonchev–Trinajstić information content (AvgIpc) is 2.54. The molecule has 0 aliphatic heterocycles. The molecule has 2 rings (SSSR count). The molecule has 2 amide bonds. The van der Waals surface area contributed by atoms with Crippen LogP contribution in [0.1, 0.15) is 22.3 Å². The van der Waals surface area contributed by atoms with Crippen LogP contribution >= 0.6 is 0 Å². The highest BCUT2D eigenvalue weighted by Crippen LogP contribution is 2.32. The molecule has 0 saturated carbocycles. The van der Waals surface area contributed by atoms with Gasteiger partial charge in [-0.05, 0) is 30.3 Å². The zero-order valence-electron chi connectivity index (χ0n) is 12.7. The minimum Gasteiger partial charge on any atom is -0.325 e. The Morgan fingerprint density at radius 2 is 1.64 bits per heavy atom. The van der Waals surface area contributed by atoms with Crippen LogP contribution in [0.4, 0.5) is 24.5 Å². The number of nitrogens with one attached hydrogen (secondary N) is 2. The number of amides is 2. The molecule has 0 heterocycles. The molecule has 2 aromatic rings. The molecule has 2 N–H and O–H groups in total. The van der Waals surface area contributed by atoms with Crippen molar-refractivity contribution in [2.45, 2.75) is 12.6 Å². The van der Waals surface area contributed by atoms with Crippen molar-refractivity contribution in [2.24, 2.45) is 0 Å². The first-order valence-corrected chi connectivity index (χ1v) is 7.05. The number of halogens is 3. The van der Waals surface area contributed by atoms with Gasteiger partial charge >= 0.3 is 6.18 Å². The minimum atomic E-state index is -4.65. The fourth-order valence-electron chi connectivity index (χ4n) is 2.08. The number of hydrogen-bond acceptors (Lipinski definition) is 3. The summed E-state index contributed by atoms with van der Waals surface area (Å²) >= 11 is 0. The van der Waals surface area contributed by atoms with Crippen LogP contribution in [0.5, 0.6) is 0 Å². The third-order valence-corrected chi connectivity index (χ3v) is 3.12. The minimum absolute atomic E-state index is 0.205. The Hall–Kier alpha value is -3.34. The maximum absolute atomic E-state index is 13.0. The molecule has 5 nitrogen and oxygen atoms in total. The maximum Gasteiger partial charge on any atom is 0.417 e. The fraction of sp³-hybridized carbons (Fsp3) is 0.118. The van der Waals surface area contributed by atoms with Crippen LogP contribution in [0, 0.1) is 11.3 Å². The van der Waals surface area contributed by atoms with Crippen molar-refractivity contribution in [2.75, 3.05) is 10.6 Å². The number of anilines is 2. The van der Waals surface area contributed by atoms with Gasteiger partial charge in [-0.1, -0.05) is 18.2 Å². The van der Waals surface area contributed by atoms with E-state index >= 15 is 0 Å². The van der Waals surface area contributed by atoms with Gasteiger partial charge in [-0.2, -0.15) is 18.4 Å². The highest BCUT2D eigenvalue weighted by atomic mass is 19.4. The van der Waals surface area contributed by atoms with E-state index < -0.39 is 29.1 Å². The monoisotopic (exact) mass is 347 g/mol. The summed E-state index contributed by atoms with van der Waals surface area (Å²) in [5.74, 6) is -1.46. The molecule has 0 saturated heterocycles. The quantitative estimate of drug-likeness (QED) is 0.882. The molecule has 0 aliphatic carbocycles. The van der Waals surface area contributed by atoms with Gasteiger partial charge in [0.25, 0.3) is 5.91 Å². The van der Waals surface area contributed by atoms with Crippen molar-refractivity contribution in [3.05, 3.63) is 59.7 Å². The number of benzene rings is 2. The van der Waals surface area contributed by atoms with E-state index in [4.69, 9.17) is 5.26 Å². The van der Waals surface area contributed by atoms with E-state index in [1.807, 2.05) is 0 Å². The van der Waals surface area contributed by atoms with Crippen LogP contribution in [-0.2, 0) is 11.0 Å². The highest BCUT2D eigenvalue weighted by molar-refractivity contribution is 6.05. The molecule has 0 unspecified atom stereocenters. The summed E-state index contributed by atoms with van der Waals surface area (Å²) in [5, 5.41) is 13.2. The number of alkyl halides is 3. The van der Waals surface area contributed by atoms with Crippen molar-refractivity contribution >= 4 is 23.2 Å². The molecule has 0 aliphatic rings. The fourth-order valence-corrected chi connectivity index (χ4v) is 2.08.